The first-order valence-corrected chi connectivity index (χ1v) is 7.99. The Balaban J connectivity index is 3.22. The highest BCUT2D eigenvalue weighted by Gasteiger charge is 2.35. The van der Waals surface area contributed by atoms with E-state index in [1.54, 1.807) is 39.2 Å². The van der Waals surface area contributed by atoms with Gasteiger partial charge in [0.2, 0.25) is 0 Å². The Morgan fingerprint density at radius 2 is 1.75 bits per heavy atom. The summed E-state index contributed by atoms with van der Waals surface area (Å²) in [5.41, 5.74) is 6.62. The molecule has 7 heteroatoms. The largest absolute Gasteiger partial charge is 0.497 e. The van der Waals surface area contributed by atoms with Crippen molar-refractivity contribution < 1.29 is 23.1 Å². The third-order valence-corrected chi connectivity index (χ3v) is 4.91. The lowest BCUT2D eigenvalue weighted by Gasteiger charge is -2.24. The molecular formula is C13H22NO5P. The Bertz CT molecular complexity index is 470. The highest BCUT2D eigenvalue weighted by atomic mass is 31.2. The molecule has 0 aliphatic heterocycles. The van der Waals surface area contributed by atoms with E-state index >= 15 is 0 Å². The molecule has 0 fully saturated rings. The number of ether oxygens (including phenoxy) is 2. The molecule has 1 aromatic rings. The second-order valence-electron chi connectivity index (χ2n) is 3.93. The van der Waals surface area contributed by atoms with Crippen LogP contribution >= 0.6 is 7.60 Å². The molecule has 1 rings (SSSR count). The molecule has 1 aromatic carbocycles. The molecule has 0 aliphatic rings. The number of nitrogens with two attached hydrogens (primary N) is 1. The second kappa shape index (κ2) is 7.64. The van der Waals surface area contributed by atoms with E-state index in [-0.39, 0.29) is 13.2 Å². The standard InChI is InChI=1S/C13H22NO5P/c1-5-18-20(15,19-6-2)13(14)11-9-10(16-3)7-8-12(11)17-4/h7-9,13H,5-6,14H2,1-4H3/t13-/m0/s1. The number of benzene rings is 1. The third kappa shape index (κ3) is 3.73. The summed E-state index contributed by atoms with van der Waals surface area (Å²) in [6, 6.07) is 5.12. The summed E-state index contributed by atoms with van der Waals surface area (Å²) in [5.74, 6) is 0.168. The maximum absolute atomic E-state index is 12.7. The quantitative estimate of drug-likeness (QED) is 0.744. The second-order valence-corrected chi connectivity index (χ2v) is 6.08. The molecule has 0 heterocycles. The summed E-state index contributed by atoms with van der Waals surface area (Å²) >= 11 is 0. The van der Waals surface area contributed by atoms with Gasteiger partial charge in [-0.3, -0.25) is 4.57 Å². The van der Waals surface area contributed by atoms with Crippen LogP contribution in [0.4, 0.5) is 0 Å². The van der Waals surface area contributed by atoms with E-state index in [1.165, 1.54) is 7.11 Å². The lowest BCUT2D eigenvalue weighted by atomic mass is 10.2. The van der Waals surface area contributed by atoms with Crippen LogP contribution in [-0.4, -0.2) is 27.4 Å². The molecule has 20 heavy (non-hydrogen) atoms. The first kappa shape index (κ1) is 17.0. The SMILES string of the molecule is CCOP(=O)(OCC)[C@H](N)c1cc(OC)ccc1OC. The van der Waals surface area contributed by atoms with Crippen molar-refractivity contribution >= 4 is 7.60 Å². The molecule has 0 amide bonds. The average molecular weight is 303 g/mol. The summed E-state index contributed by atoms with van der Waals surface area (Å²) < 4.78 is 33.7. The zero-order chi connectivity index (χ0) is 15.2. The number of methoxy groups -OCH3 is 2. The molecule has 114 valence electrons. The molecule has 6 nitrogen and oxygen atoms in total. The average Bonchev–Trinajstić information content (AvgIpc) is 2.46. The smallest absolute Gasteiger partial charge is 0.351 e. The number of hydrogen-bond acceptors (Lipinski definition) is 6. The highest BCUT2D eigenvalue weighted by Crippen LogP contribution is 2.59. The van der Waals surface area contributed by atoms with Gasteiger partial charge in [-0.1, -0.05) is 0 Å². The van der Waals surface area contributed by atoms with E-state index in [0.29, 0.717) is 17.1 Å². The fraction of sp³-hybridized carbons (Fsp3) is 0.538. The summed E-state index contributed by atoms with van der Waals surface area (Å²) in [7, 11) is -0.399. The molecule has 0 unspecified atom stereocenters. The summed E-state index contributed by atoms with van der Waals surface area (Å²) in [5, 5.41) is 0. The molecule has 0 radical (unpaired) electrons. The minimum absolute atomic E-state index is 0.247. The lowest BCUT2D eigenvalue weighted by molar-refractivity contribution is 0.212. The van der Waals surface area contributed by atoms with E-state index in [1.807, 2.05) is 0 Å². The van der Waals surface area contributed by atoms with Gasteiger partial charge in [-0.2, -0.15) is 0 Å². The predicted molar refractivity (Wildman–Crippen MR) is 77.3 cm³/mol. The van der Waals surface area contributed by atoms with Crippen molar-refractivity contribution in [3.05, 3.63) is 23.8 Å². The van der Waals surface area contributed by atoms with Crippen LogP contribution < -0.4 is 15.2 Å². The molecule has 2 N–H and O–H groups in total. The lowest BCUT2D eigenvalue weighted by Crippen LogP contribution is -2.16. The van der Waals surface area contributed by atoms with Crippen molar-refractivity contribution in [2.45, 2.75) is 19.6 Å². The van der Waals surface area contributed by atoms with Gasteiger partial charge in [0, 0.05) is 5.56 Å². The van der Waals surface area contributed by atoms with Crippen molar-refractivity contribution in [1.82, 2.24) is 0 Å². The first-order valence-electron chi connectivity index (χ1n) is 6.38. The van der Waals surface area contributed by atoms with E-state index in [4.69, 9.17) is 24.3 Å². The van der Waals surface area contributed by atoms with E-state index in [0.717, 1.165) is 0 Å². The van der Waals surface area contributed by atoms with Crippen LogP contribution in [0.1, 0.15) is 25.2 Å². The van der Waals surface area contributed by atoms with Gasteiger partial charge in [-0.15, -0.1) is 0 Å². The van der Waals surface area contributed by atoms with Crippen LogP contribution in [0.3, 0.4) is 0 Å². The van der Waals surface area contributed by atoms with Crippen molar-refractivity contribution in [2.24, 2.45) is 5.73 Å². The monoisotopic (exact) mass is 303 g/mol. The van der Waals surface area contributed by atoms with Gasteiger partial charge in [0.1, 0.15) is 17.3 Å². The predicted octanol–water partition coefficient (Wildman–Crippen LogP) is 2.93. The normalized spacial score (nSPS) is 13.1. The fourth-order valence-electron chi connectivity index (χ4n) is 1.80. The van der Waals surface area contributed by atoms with Crippen LogP contribution in [0.2, 0.25) is 0 Å². The van der Waals surface area contributed by atoms with Crippen molar-refractivity contribution in [2.75, 3.05) is 27.4 Å². The highest BCUT2D eigenvalue weighted by molar-refractivity contribution is 7.54. The van der Waals surface area contributed by atoms with Crippen molar-refractivity contribution in [3.63, 3.8) is 0 Å². The van der Waals surface area contributed by atoms with Crippen LogP contribution in [-0.2, 0) is 13.6 Å². The van der Waals surface area contributed by atoms with E-state index < -0.39 is 13.4 Å². The number of rotatable bonds is 8. The van der Waals surface area contributed by atoms with E-state index in [2.05, 4.69) is 0 Å². The number of hydrogen-bond donors (Lipinski definition) is 1. The minimum Gasteiger partial charge on any atom is -0.497 e. The Morgan fingerprint density at radius 1 is 1.15 bits per heavy atom. The van der Waals surface area contributed by atoms with Gasteiger partial charge < -0.3 is 24.3 Å². The van der Waals surface area contributed by atoms with Gasteiger partial charge in [0.15, 0.2) is 0 Å². The summed E-state index contributed by atoms with van der Waals surface area (Å²) in [6.45, 7) is 3.97. The first-order chi connectivity index (χ1) is 9.52. The van der Waals surface area contributed by atoms with E-state index in [9.17, 15) is 4.57 Å². The van der Waals surface area contributed by atoms with Crippen LogP contribution in [0.5, 0.6) is 11.5 Å². The summed E-state index contributed by atoms with van der Waals surface area (Å²) in [6.07, 6.45) is 0. The maximum atomic E-state index is 12.7. The zero-order valence-electron chi connectivity index (χ0n) is 12.3. The Morgan fingerprint density at radius 3 is 2.20 bits per heavy atom. The third-order valence-electron chi connectivity index (χ3n) is 2.71. The molecular weight excluding hydrogens is 281 g/mol. The van der Waals surface area contributed by atoms with Gasteiger partial charge >= 0.3 is 7.60 Å². The molecule has 0 aromatic heterocycles. The van der Waals surface area contributed by atoms with Gasteiger partial charge in [-0.25, -0.2) is 0 Å². The Hall–Kier alpha value is -1.07. The molecule has 0 saturated carbocycles. The fourth-order valence-corrected chi connectivity index (χ4v) is 3.46. The maximum Gasteiger partial charge on any atom is 0.351 e. The van der Waals surface area contributed by atoms with Gasteiger partial charge in [0.05, 0.1) is 27.4 Å². The topological polar surface area (TPSA) is 80.0 Å². The van der Waals surface area contributed by atoms with Gasteiger partial charge in [-0.05, 0) is 32.0 Å². The molecule has 0 saturated heterocycles. The minimum atomic E-state index is -3.46. The van der Waals surface area contributed by atoms with Crippen molar-refractivity contribution in [1.29, 1.82) is 0 Å². The molecule has 0 aliphatic carbocycles. The van der Waals surface area contributed by atoms with Crippen molar-refractivity contribution in [3.8, 4) is 11.5 Å². The Kier molecular flexibility index (Phi) is 6.49. The molecule has 1 atom stereocenters. The van der Waals surface area contributed by atoms with Crippen LogP contribution in [0.15, 0.2) is 18.2 Å². The Labute approximate surface area is 119 Å². The zero-order valence-corrected chi connectivity index (χ0v) is 13.2. The molecule has 0 bridgehead atoms. The van der Waals surface area contributed by atoms with Crippen LogP contribution in [0.25, 0.3) is 0 Å². The summed E-state index contributed by atoms with van der Waals surface area (Å²) in [4.78, 5) is 0. The molecule has 0 spiro atoms. The van der Waals surface area contributed by atoms with Crippen LogP contribution in [0, 0.1) is 0 Å². The van der Waals surface area contributed by atoms with Gasteiger partial charge in [0.25, 0.3) is 0 Å².